The van der Waals surface area contributed by atoms with Crippen LogP contribution in [-0.2, 0) is 14.3 Å². The van der Waals surface area contributed by atoms with Gasteiger partial charge < -0.3 is 25.2 Å². The number of ether oxygens (including phenoxy) is 1. The molecule has 2 aromatic carbocycles. The Balaban J connectivity index is 1.43. The molecule has 1 saturated heterocycles. The van der Waals surface area contributed by atoms with E-state index in [2.05, 4.69) is 5.32 Å². The third-order valence-corrected chi connectivity index (χ3v) is 6.36. The Hall–Kier alpha value is -3.39. The van der Waals surface area contributed by atoms with Gasteiger partial charge in [-0.25, -0.2) is 9.59 Å². The van der Waals surface area contributed by atoms with Crippen LogP contribution in [0.1, 0.15) is 43.2 Å². The maximum Gasteiger partial charge on any atom is 0.407 e. The van der Waals surface area contributed by atoms with Crippen molar-refractivity contribution in [3.05, 3.63) is 59.7 Å². The van der Waals surface area contributed by atoms with Crippen LogP contribution in [0, 0.1) is 0 Å². The first-order valence-corrected chi connectivity index (χ1v) is 11.2. The normalized spacial score (nSPS) is 20.1. The van der Waals surface area contributed by atoms with Gasteiger partial charge in [0, 0.05) is 18.9 Å². The molecule has 1 heterocycles. The minimum Gasteiger partial charge on any atom is -0.480 e. The van der Waals surface area contributed by atoms with Gasteiger partial charge in [0.25, 0.3) is 0 Å². The summed E-state index contributed by atoms with van der Waals surface area (Å²) in [7, 11) is 0. The zero-order chi connectivity index (χ0) is 23.5. The van der Waals surface area contributed by atoms with Crippen molar-refractivity contribution in [2.75, 3.05) is 13.2 Å². The predicted octanol–water partition coefficient (Wildman–Crippen LogP) is 2.74. The molecule has 3 N–H and O–H groups in total. The number of fused-ring (bicyclic) bond motifs is 3. The number of aliphatic hydroxyl groups is 1. The SMILES string of the molecule is CCCC(NC(=O)OCC1c2ccccc2-c2ccccc21)C(=O)N1CC(O)C[C@H]1C(=O)O. The lowest BCUT2D eigenvalue weighted by Gasteiger charge is -2.27. The molecule has 2 aromatic rings. The van der Waals surface area contributed by atoms with Gasteiger partial charge in [0.2, 0.25) is 5.91 Å². The van der Waals surface area contributed by atoms with E-state index in [4.69, 9.17) is 4.74 Å². The van der Waals surface area contributed by atoms with Crippen LogP contribution in [0.3, 0.4) is 0 Å². The van der Waals surface area contributed by atoms with E-state index >= 15 is 0 Å². The third-order valence-electron chi connectivity index (χ3n) is 6.36. The summed E-state index contributed by atoms with van der Waals surface area (Å²) in [5.74, 6) is -1.79. The highest BCUT2D eigenvalue weighted by Gasteiger charge is 2.41. The number of carboxylic acids is 1. The van der Waals surface area contributed by atoms with Crippen LogP contribution >= 0.6 is 0 Å². The summed E-state index contributed by atoms with van der Waals surface area (Å²) in [5, 5.41) is 21.9. The number of benzene rings is 2. The van der Waals surface area contributed by atoms with Gasteiger partial charge >= 0.3 is 12.1 Å². The lowest BCUT2D eigenvalue weighted by molar-refractivity contribution is -0.149. The zero-order valence-corrected chi connectivity index (χ0v) is 18.4. The summed E-state index contributed by atoms with van der Waals surface area (Å²) < 4.78 is 5.54. The second-order valence-electron chi connectivity index (χ2n) is 8.55. The topological polar surface area (TPSA) is 116 Å². The molecule has 2 unspecified atom stereocenters. The number of nitrogens with one attached hydrogen (secondary N) is 1. The van der Waals surface area contributed by atoms with E-state index in [1.165, 1.54) is 0 Å². The number of alkyl carbamates (subject to hydrolysis) is 1. The number of nitrogens with zero attached hydrogens (tertiary/aromatic N) is 1. The molecular formula is C25H28N2O6. The van der Waals surface area contributed by atoms with E-state index < -0.39 is 36.2 Å². The summed E-state index contributed by atoms with van der Waals surface area (Å²) in [6.45, 7) is 1.92. The molecule has 4 rings (SSSR count). The molecule has 33 heavy (non-hydrogen) atoms. The highest BCUT2D eigenvalue weighted by molar-refractivity contribution is 5.90. The number of aliphatic hydroxyl groups excluding tert-OH is 1. The van der Waals surface area contributed by atoms with E-state index in [0.717, 1.165) is 27.2 Å². The number of likely N-dealkylation sites (tertiary alicyclic amines) is 1. The van der Waals surface area contributed by atoms with Crippen molar-refractivity contribution in [3.8, 4) is 11.1 Å². The van der Waals surface area contributed by atoms with Gasteiger partial charge in [0.1, 0.15) is 18.7 Å². The van der Waals surface area contributed by atoms with E-state index in [-0.39, 0.29) is 25.5 Å². The number of hydrogen-bond acceptors (Lipinski definition) is 5. The molecule has 0 aromatic heterocycles. The molecular weight excluding hydrogens is 424 g/mol. The monoisotopic (exact) mass is 452 g/mol. The minimum atomic E-state index is -1.17. The molecule has 2 aliphatic rings. The van der Waals surface area contributed by atoms with Crippen molar-refractivity contribution < 1.29 is 29.3 Å². The fourth-order valence-electron chi connectivity index (χ4n) is 4.82. The van der Waals surface area contributed by atoms with Gasteiger partial charge in [0.15, 0.2) is 0 Å². The number of carbonyl (C=O) groups is 3. The van der Waals surface area contributed by atoms with Crippen LogP contribution in [0.25, 0.3) is 11.1 Å². The standard InChI is InChI=1S/C25H28N2O6/c1-2-7-21(23(29)27-13-15(28)12-22(27)24(30)31)26-25(32)33-14-20-18-10-5-3-8-16(18)17-9-4-6-11-19(17)20/h3-6,8-11,15,20-22,28H,2,7,12-14H2,1H3,(H,26,32)(H,30,31)/t15?,21?,22-/m0/s1. The largest absolute Gasteiger partial charge is 0.480 e. The Morgan fingerprint density at radius 3 is 2.27 bits per heavy atom. The van der Waals surface area contributed by atoms with Crippen LogP contribution in [0.2, 0.25) is 0 Å². The van der Waals surface area contributed by atoms with Crippen LogP contribution < -0.4 is 5.32 Å². The summed E-state index contributed by atoms with van der Waals surface area (Å²) in [4.78, 5) is 38.3. The van der Waals surface area contributed by atoms with Gasteiger partial charge in [0.05, 0.1) is 6.10 Å². The minimum absolute atomic E-state index is 0.0230. The molecule has 0 spiro atoms. The maximum atomic E-state index is 13.0. The van der Waals surface area contributed by atoms with E-state index in [1.807, 2.05) is 55.5 Å². The number of carboxylic acid groups (broad SMARTS) is 1. The van der Waals surface area contributed by atoms with E-state index in [1.54, 1.807) is 0 Å². The molecule has 1 aliphatic carbocycles. The highest BCUT2D eigenvalue weighted by Crippen LogP contribution is 2.44. The van der Waals surface area contributed by atoms with Crippen molar-refractivity contribution >= 4 is 18.0 Å². The zero-order valence-electron chi connectivity index (χ0n) is 18.4. The molecule has 8 heteroatoms. The number of amides is 2. The Morgan fingerprint density at radius 2 is 1.70 bits per heavy atom. The van der Waals surface area contributed by atoms with Crippen LogP contribution in [0.15, 0.2) is 48.5 Å². The van der Waals surface area contributed by atoms with Crippen molar-refractivity contribution in [3.63, 3.8) is 0 Å². The van der Waals surface area contributed by atoms with Crippen molar-refractivity contribution in [1.29, 1.82) is 0 Å². The number of aliphatic carboxylic acids is 1. The highest BCUT2D eigenvalue weighted by atomic mass is 16.5. The smallest absolute Gasteiger partial charge is 0.407 e. The number of hydrogen-bond donors (Lipinski definition) is 3. The molecule has 1 aliphatic heterocycles. The molecule has 0 bridgehead atoms. The number of rotatable bonds is 7. The average Bonchev–Trinajstić information content (AvgIpc) is 3.35. The molecule has 0 saturated carbocycles. The fraction of sp³-hybridized carbons (Fsp3) is 0.400. The van der Waals surface area contributed by atoms with Gasteiger partial charge in [-0.05, 0) is 28.7 Å². The molecule has 0 radical (unpaired) electrons. The first-order valence-electron chi connectivity index (χ1n) is 11.2. The quantitative estimate of drug-likeness (QED) is 0.595. The number of β-amino-alcohol motifs (C(OH)–C–C–N with tert-alkyl or cyclic N) is 1. The second-order valence-corrected chi connectivity index (χ2v) is 8.55. The Bertz CT molecular complexity index is 1010. The van der Waals surface area contributed by atoms with Gasteiger partial charge in [-0.2, -0.15) is 0 Å². The van der Waals surface area contributed by atoms with Crippen molar-refractivity contribution in [1.82, 2.24) is 10.2 Å². The van der Waals surface area contributed by atoms with E-state index in [9.17, 15) is 24.6 Å². The molecule has 3 atom stereocenters. The first kappa shape index (κ1) is 22.8. The van der Waals surface area contributed by atoms with Crippen LogP contribution in [0.5, 0.6) is 0 Å². The van der Waals surface area contributed by atoms with Gasteiger partial charge in [-0.15, -0.1) is 0 Å². The lowest BCUT2D eigenvalue weighted by atomic mass is 9.98. The number of carbonyl (C=O) groups excluding carboxylic acids is 2. The van der Waals surface area contributed by atoms with Gasteiger partial charge in [-0.1, -0.05) is 61.9 Å². The Morgan fingerprint density at radius 1 is 1.09 bits per heavy atom. The maximum absolute atomic E-state index is 13.0. The van der Waals surface area contributed by atoms with Gasteiger partial charge in [-0.3, -0.25) is 4.79 Å². The Labute approximate surface area is 192 Å². The molecule has 8 nitrogen and oxygen atoms in total. The summed E-state index contributed by atoms with van der Waals surface area (Å²) in [5.41, 5.74) is 4.41. The predicted molar refractivity (Wildman–Crippen MR) is 121 cm³/mol. The molecule has 2 amide bonds. The second kappa shape index (κ2) is 9.62. The summed E-state index contributed by atoms with van der Waals surface area (Å²) >= 11 is 0. The summed E-state index contributed by atoms with van der Waals surface area (Å²) in [6.07, 6.45) is -0.705. The lowest BCUT2D eigenvalue weighted by Crippen LogP contribution is -2.52. The fourth-order valence-corrected chi connectivity index (χ4v) is 4.82. The molecule has 1 fully saturated rings. The van der Waals surface area contributed by atoms with E-state index in [0.29, 0.717) is 12.8 Å². The average molecular weight is 453 g/mol. The van der Waals surface area contributed by atoms with Crippen LogP contribution in [-0.4, -0.2) is 64.4 Å². The summed E-state index contributed by atoms with van der Waals surface area (Å²) in [6, 6.07) is 14.0. The first-order chi connectivity index (χ1) is 15.9. The Kier molecular flexibility index (Phi) is 6.65. The van der Waals surface area contributed by atoms with Crippen molar-refractivity contribution in [2.45, 2.75) is 50.3 Å². The van der Waals surface area contributed by atoms with Crippen molar-refractivity contribution in [2.24, 2.45) is 0 Å². The van der Waals surface area contributed by atoms with Crippen LogP contribution in [0.4, 0.5) is 4.79 Å². The molecule has 174 valence electrons. The third kappa shape index (κ3) is 4.57.